The van der Waals surface area contributed by atoms with Gasteiger partial charge in [0.1, 0.15) is 0 Å². The Balaban J connectivity index is 2.28. The summed E-state index contributed by atoms with van der Waals surface area (Å²) in [7, 11) is -3.30. The second-order valence-corrected chi connectivity index (χ2v) is 8.04. The third-order valence-electron chi connectivity index (χ3n) is 4.30. The van der Waals surface area contributed by atoms with Gasteiger partial charge in [-0.2, -0.15) is 0 Å². The van der Waals surface area contributed by atoms with Gasteiger partial charge in [0.15, 0.2) is 9.84 Å². The van der Waals surface area contributed by atoms with Gasteiger partial charge < -0.3 is 5.73 Å². The molecule has 0 aromatic heterocycles. The van der Waals surface area contributed by atoms with Crippen LogP contribution in [0, 0.1) is 11.8 Å². The van der Waals surface area contributed by atoms with Crippen LogP contribution in [0.25, 0.3) is 0 Å². The van der Waals surface area contributed by atoms with Crippen molar-refractivity contribution in [1.82, 2.24) is 0 Å². The minimum atomic E-state index is -3.30. The molecule has 0 bridgehead atoms. The van der Waals surface area contributed by atoms with Crippen LogP contribution < -0.4 is 5.73 Å². The van der Waals surface area contributed by atoms with Crippen molar-refractivity contribution >= 4 is 9.84 Å². The Morgan fingerprint density at radius 1 is 1.16 bits per heavy atom. The Morgan fingerprint density at radius 2 is 1.79 bits per heavy atom. The molecule has 0 radical (unpaired) electrons. The summed E-state index contributed by atoms with van der Waals surface area (Å²) >= 11 is 0. The lowest BCUT2D eigenvalue weighted by Crippen LogP contribution is -2.45. The van der Waals surface area contributed by atoms with Gasteiger partial charge >= 0.3 is 0 Å². The maximum absolute atomic E-state index is 12.7. The van der Waals surface area contributed by atoms with Crippen LogP contribution in [0.4, 0.5) is 0 Å². The Bertz CT molecular complexity index is 510. The summed E-state index contributed by atoms with van der Waals surface area (Å²) in [6.45, 7) is 4.32. The third kappa shape index (κ3) is 3.00. The van der Waals surface area contributed by atoms with E-state index in [0.29, 0.717) is 23.2 Å². The summed E-state index contributed by atoms with van der Waals surface area (Å²) < 4.78 is 25.4. The molecule has 1 aliphatic carbocycles. The van der Waals surface area contributed by atoms with E-state index in [0.717, 1.165) is 12.8 Å². The van der Waals surface area contributed by atoms with E-state index in [9.17, 15) is 8.42 Å². The van der Waals surface area contributed by atoms with Crippen molar-refractivity contribution in [3.63, 3.8) is 0 Å². The summed E-state index contributed by atoms with van der Waals surface area (Å²) in [5, 5.41) is -0.434. The van der Waals surface area contributed by atoms with E-state index in [1.54, 1.807) is 24.3 Å². The molecule has 2 rings (SSSR count). The standard InChI is InChI=1S/C15H23NO2S/c1-11(2)12-8-9-14(16)15(10-12)19(17,18)13-6-4-3-5-7-13/h3-7,11-12,14-15H,8-10,16H2,1-2H3. The van der Waals surface area contributed by atoms with Crippen LogP contribution in [-0.2, 0) is 9.84 Å². The van der Waals surface area contributed by atoms with Crippen LogP contribution in [0.15, 0.2) is 35.2 Å². The Morgan fingerprint density at radius 3 is 2.37 bits per heavy atom. The van der Waals surface area contributed by atoms with E-state index in [2.05, 4.69) is 13.8 Å². The van der Waals surface area contributed by atoms with Gasteiger partial charge in [0.25, 0.3) is 0 Å². The first-order valence-corrected chi connectivity index (χ1v) is 8.52. The van der Waals surface area contributed by atoms with Gasteiger partial charge in [0.05, 0.1) is 10.1 Å². The molecule has 2 N–H and O–H groups in total. The molecule has 3 unspecified atom stereocenters. The van der Waals surface area contributed by atoms with Crippen LogP contribution in [0.1, 0.15) is 33.1 Å². The van der Waals surface area contributed by atoms with Gasteiger partial charge in [-0.25, -0.2) is 8.42 Å². The van der Waals surface area contributed by atoms with Gasteiger partial charge in [-0.1, -0.05) is 32.0 Å². The number of benzene rings is 1. The zero-order valence-corrected chi connectivity index (χ0v) is 12.4. The fourth-order valence-electron chi connectivity index (χ4n) is 2.93. The highest BCUT2D eigenvalue weighted by Gasteiger charge is 2.38. The summed E-state index contributed by atoms with van der Waals surface area (Å²) in [6, 6.07) is 8.46. The quantitative estimate of drug-likeness (QED) is 0.926. The second kappa shape index (κ2) is 5.63. The molecule has 1 aliphatic rings. The van der Waals surface area contributed by atoms with Gasteiger partial charge in [0, 0.05) is 6.04 Å². The summed E-state index contributed by atoms with van der Waals surface area (Å²) in [5.74, 6) is 0.976. The number of hydrogen-bond acceptors (Lipinski definition) is 3. The predicted octanol–water partition coefficient (Wildman–Crippen LogP) is 2.61. The average Bonchev–Trinajstić information content (AvgIpc) is 2.39. The third-order valence-corrected chi connectivity index (χ3v) is 6.56. The predicted molar refractivity (Wildman–Crippen MR) is 77.6 cm³/mol. The van der Waals surface area contributed by atoms with E-state index in [4.69, 9.17) is 5.73 Å². The molecule has 4 heteroatoms. The fraction of sp³-hybridized carbons (Fsp3) is 0.600. The maximum atomic E-state index is 12.7. The van der Waals surface area contributed by atoms with E-state index in [1.165, 1.54) is 0 Å². The SMILES string of the molecule is CC(C)C1CCC(N)C(S(=O)(=O)c2ccccc2)C1. The van der Waals surface area contributed by atoms with Crippen molar-refractivity contribution in [1.29, 1.82) is 0 Å². The highest BCUT2D eigenvalue weighted by Crippen LogP contribution is 2.35. The minimum Gasteiger partial charge on any atom is -0.327 e. The average molecular weight is 281 g/mol. The van der Waals surface area contributed by atoms with Crippen LogP contribution >= 0.6 is 0 Å². The monoisotopic (exact) mass is 281 g/mol. The molecule has 1 saturated carbocycles. The Labute approximate surface area is 116 Å². The molecule has 0 saturated heterocycles. The normalized spacial score (nSPS) is 28.5. The number of nitrogens with two attached hydrogens (primary N) is 1. The van der Waals surface area contributed by atoms with E-state index in [-0.39, 0.29) is 6.04 Å². The molecular weight excluding hydrogens is 258 g/mol. The van der Waals surface area contributed by atoms with Gasteiger partial charge in [-0.15, -0.1) is 0 Å². The lowest BCUT2D eigenvalue weighted by atomic mass is 9.79. The maximum Gasteiger partial charge on any atom is 0.182 e. The molecule has 1 aromatic rings. The first kappa shape index (κ1) is 14.5. The Hall–Kier alpha value is -0.870. The van der Waals surface area contributed by atoms with E-state index < -0.39 is 15.1 Å². The molecule has 1 fully saturated rings. The van der Waals surface area contributed by atoms with Crippen LogP contribution in [0.2, 0.25) is 0 Å². The molecule has 0 heterocycles. The summed E-state index contributed by atoms with van der Waals surface area (Å²) in [4.78, 5) is 0.403. The summed E-state index contributed by atoms with van der Waals surface area (Å²) in [6.07, 6.45) is 2.54. The first-order valence-electron chi connectivity index (χ1n) is 6.97. The number of rotatable bonds is 3. The highest BCUT2D eigenvalue weighted by atomic mass is 32.2. The van der Waals surface area contributed by atoms with Crippen molar-refractivity contribution in [2.24, 2.45) is 17.6 Å². The molecule has 3 atom stereocenters. The molecule has 1 aromatic carbocycles. The lowest BCUT2D eigenvalue weighted by molar-refractivity contribution is 0.261. The topological polar surface area (TPSA) is 60.2 Å². The Kier molecular flexibility index (Phi) is 4.31. The largest absolute Gasteiger partial charge is 0.327 e. The van der Waals surface area contributed by atoms with E-state index in [1.807, 2.05) is 6.07 Å². The molecule has 0 aliphatic heterocycles. The van der Waals surface area contributed by atoms with E-state index >= 15 is 0 Å². The van der Waals surface area contributed by atoms with Crippen LogP contribution in [-0.4, -0.2) is 19.7 Å². The fourth-order valence-corrected chi connectivity index (χ4v) is 4.91. The number of sulfone groups is 1. The van der Waals surface area contributed by atoms with Gasteiger partial charge in [-0.05, 0) is 43.2 Å². The molecular formula is C15H23NO2S. The van der Waals surface area contributed by atoms with Crippen molar-refractivity contribution in [3.8, 4) is 0 Å². The second-order valence-electron chi connectivity index (χ2n) is 5.88. The van der Waals surface area contributed by atoms with Gasteiger partial charge in [0.2, 0.25) is 0 Å². The minimum absolute atomic E-state index is 0.236. The van der Waals surface area contributed by atoms with Crippen LogP contribution in [0.5, 0.6) is 0 Å². The molecule has 0 amide bonds. The van der Waals surface area contributed by atoms with Gasteiger partial charge in [-0.3, -0.25) is 0 Å². The van der Waals surface area contributed by atoms with Crippen molar-refractivity contribution in [2.45, 2.75) is 49.3 Å². The molecule has 19 heavy (non-hydrogen) atoms. The zero-order chi connectivity index (χ0) is 14.0. The smallest absolute Gasteiger partial charge is 0.182 e. The molecule has 106 valence electrons. The van der Waals surface area contributed by atoms with Crippen LogP contribution in [0.3, 0.4) is 0 Å². The zero-order valence-electron chi connectivity index (χ0n) is 11.6. The van der Waals surface area contributed by atoms with Crippen molar-refractivity contribution in [2.75, 3.05) is 0 Å². The molecule has 3 nitrogen and oxygen atoms in total. The lowest BCUT2D eigenvalue weighted by Gasteiger charge is -2.35. The number of hydrogen-bond donors (Lipinski definition) is 1. The first-order chi connectivity index (χ1) is 8.93. The molecule has 0 spiro atoms. The summed E-state index contributed by atoms with van der Waals surface area (Å²) in [5.41, 5.74) is 6.09. The van der Waals surface area contributed by atoms with Crippen molar-refractivity contribution in [3.05, 3.63) is 30.3 Å². The highest BCUT2D eigenvalue weighted by molar-refractivity contribution is 7.92. The van der Waals surface area contributed by atoms with Crippen molar-refractivity contribution < 1.29 is 8.42 Å².